The molecule has 0 aromatic heterocycles. The Morgan fingerprint density at radius 2 is 2.06 bits per heavy atom. The smallest absolute Gasteiger partial charge is 0.225 e. The highest BCUT2D eigenvalue weighted by Gasteiger charge is 2.34. The maximum atomic E-state index is 12.0. The van der Waals surface area contributed by atoms with Crippen molar-refractivity contribution in [1.82, 2.24) is 10.2 Å². The summed E-state index contributed by atoms with van der Waals surface area (Å²) in [6.45, 7) is 7.65. The van der Waals surface area contributed by atoms with Gasteiger partial charge in [0.15, 0.2) is 0 Å². The molecule has 1 saturated heterocycles. The lowest BCUT2D eigenvalue weighted by Gasteiger charge is -2.18. The van der Waals surface area contributed by atoms with E-state index in [4.69, 9.17) is 0 Å². The number of hydrogen-bond acceptors (Lipinski definition) is 2. The first kappa shape index (κ1) is 15.0. The van der Waals surface area contributed by atoms with Crippen LogP contribution in [-0.2, 0) is 9.59 Å². The Hall–Kier alpha value is -1.06. The maximum absolute atomic E-state index is 12.0. The molecule has 4 nitrogen and oxygen atoms in total. The second-order valence-electron chi connectivity index (χ2n) is 5.12. The summed E-state index contributed by atoms with van der Waals surface area (Å²) in [5, 5.41) is 3.04. The zero-order valence-electron chi connectivity index (χ0n) is 11.9. The van der Waals surface area contributed by atoms with Crippen LogP contribution in [0.4, 0.5) is 0 Å². The van der Waals surface area contributed by atoms with Gasteiger partial charge in [0.2, 0.25) is 11.8 Å². The highest BCUT2D eigenvalue weighted by atomic mass is 16.2. The predicted molar refractivity (Wildman–Crippen MR) is 72.1 cm³/mol. The third-order valence-electron chi connectivity index (χ3n) is 3.70. The summed E-state index contributed by atoms with van der Waals surface area (Å²) in [4.78, 5) is 25.6. The molecule has 4 heteroatoms. The van der Waals surface area contributed by atoms with Crippen molar-refractivity contribution in [2.24, 2.45) is 5.92 Å². The van der Waals surface area contributed by atoms with Gasteiger partial charge in [0.1, 0.15) is 0 Å². The molecule has 0 aromatic carbocycles. The topological polar surface area (TPSA) is 49.4 Å². The van der Waals surface area contributed by atoms with Gasteiger partial charge >= 0.3 is 0 Å². The van der Waals surface area contributed by atoms with Crippen LogP contribution in [0.2, 0.25) is 0 Å². The summed E-state index contributed by atoms with van der Waals surface area (Å²) >= 11 is 0. The minimum Gasteiger partial charge on any atom is -0.353 e. The molecule has 0 aliphatic carbocycles. The summed E-state index contributed by atoms with van der Waals surface area (Å²) < 4.78 is 0. The number of nitrogens with zero attached hydrogens (tertiary/aromatic N) is 1. The third kappa shape index (κ3) is 4.00. The lowest BCUT2D eigenvalue weighted by Crippen LogP contribution is -2.39. The largest absolute Gasteiger partial charge is 0.353 e. The van der Waals surface area contributed by atoms with E-state index >= 15 is 0 Å². The minimum atomic E-state index is -0.144. The second-order valence-corrected chi connectivity index (χ2v) is 5.12. The second kappa shape index (κ2) is 7.39. The molecule has 0 radical (unpaired) electrons. The molecule has 0 saturated carbocycles. The number of carbonyl (C=O) groups excluding carboxylic acids is 2. The fourth-order valence-electron chi connectivity index (χ4n) is 2.32. The summed E-state index contributed by atoms with van der Waals surface area (Å²) in [5.74, 6) is 0.0409. The quantitative estimate of drug-likeness (QED) is 0.755. The first-order valence-corrected chi connectivity index (χ1v) is 7.20. The normalized spacial score (nSPS) is 19.7. The molecule has 1 aliphatic rings. The van der Waals surface area contributed by atoms with Gasteiger partial charge < -0.3 is 10.2 Å². The highest BCUT2D eigenvalue weighted by Crippen LogP contribution is 2.19. The van der Waals surface area contributed by atoms with Crippen LogP contribution in [0.5, 0.6) is 0 Å². The van der Waals surface area contributed by atoms with Gasteiger partial charge in [-0.05, 0) is 19.3 Å². The molecule has 2 amide bonds. The molecule has 0 unspecified atom stereocenters. The van der Waals surface area contributed by atoms with Crippen molar-refractivity contribution in [2.75, 3.05) is 13.1 Å². The minimum absolute atomic E-state index is 0.0519. The van der Waals surface area contributed by atoms with Crippen LogP contribution in [0.1, 0.15) is 52.9 Å². The first-order valence-electron chi connectivity index (χ1n) is 7.20. The first-order chi connectivity index (χ1) is 8.62. The molecule has 104 valence electrons. The van der Waals surface area contributed by atoms with E-state index in [9.17, 15) is 9.59 Å². The molecular formula is C14H26N2O2. The number of rotatable bonds is 7. The fourth-order valence-corrected chi connectivity index (χ4v) is 2.32. The van der Waals surface area contributed by atoms with Gasteiger partial charge in [-0.3, -0.25) is 9.59 Å². The number of carbonyl (C=O) groups is 2. The van der Waals surface area contributed by atoms with Crippen LogP contribution in [0.25, 0.3) is 0 Å². The average Bonchev–Trinajstić information content (AvgIpc) is 2.74. The van der Waals surface area contributed by atoms with Gasteiger partial charge in [-0.2, -0.15) is 0 Å². The fraction of sp³-hybridized carbons (Fsp3) is 0.857. The Bertz CT molecular complexity index is 288. The Balaban J connectivity index is 2.44. The molecule has 0 aromatic rings. The predicted octanol–water partition coefficient (Wildman–Crippen LogP) is 1.94. The Labute approximate surface area is 110 Å². The molecule has 18 heavy (non-hydrogen) atoms. The molecule has 1 rings (SSSR count). The van der Waals surface area contributed by atoms with Gasteiger partial charge in [-0.25, -0.2) is 0 Å². The van der Waals surface area contributed by atoms with E-state index < -0.39 is 0 Å². The Morgan fingerprint density at radius 3 is 2.61 bits per heavy atom. The highest BCUT2D eigenvalue weighted by molar-refractivity contribution is 5.89. The van der Waals surface area contributed by atoms with E-state index in [1.807, 2.05) is 4.90 Å². The van der Waals surface area contributed by atoms with Crippen LogP contribution in [0.15, 0.2) is 0 Å². The van der Waals surface area contributed by atoms with Gasteiger partial charge in [0, 0.05) is 25.6 Å². The number of amides is 2. The monoisotopic (exact) mass is 254 g/mol. The van der Waals surface area contributed by atoms with Crippen molar-refractivity contribution in [3.8, 4) is 0 Å². The van der Waals surface area contributed by atoms with Crippen molar-refractivity contribution in [3.63, 3.8) is 0 Å². The molecule has 1 N–H and O–H groups in total. The molecule has 1 fully saturated rings. The molecule has 0 bridgehead atoms. The Kier molecular flexibility index (Phi) is 6.16. The van der Waals surface area contributed by atoms with E-state index in [2.05, 4.69) is 26.1 Å². The van der Waals surface area contributed by atoms with Crippen molar-refractivity contribution in [2.45, 2.75) is 58.9 Å². The molecule has 1 aliphatic heterocycles. The summed E-state index contributed by atoms with van der Waals surface area (Å²) in [5.41, 5.74) is 0. The van der Waals surface area contributed by atoms with Crippen LogP contribution in [0, 0.1) is 5.92 Å². The van der Waals surface area contributed by atoms with Crippen molar-refractivity contribution in [1.29, 1.82) is 0 Å². The van der Waals surface area contributed by atoms with Gasteiger partial charge in [-0.15, -0.1) is 0 Å². The van der Waals surface area contributed by atoms with E-state index in [1.165, 1.54) is 0 Å². The van der Waals surface area contributed by atoms with Crippen molar-refractivity contribution < 1.29 is 9.59 Å². The number of unbranched alkanes of at least 4 members (excludes halogenated alkanes) is 1. The summed E-state index contributed by atoms with van der Waals surface area (Å²) in [7, 11) is 0. The van der Waals surface area contributed by atoms with Crippen LogP contribution >= 0.6 is 0 Å². The van der Waals surface area contributed by atoms with Gasteiger partial charge in [0.05, 0.1) is 5.92 Å². The van der Waals surface area contributed by atoms with Gasteiger partial charge in [0.25, 0.3) is 0 Å². The maximum Gasteiger partial charge on any atom is 0.225 e. The van der Waals surface area contributed by atoms with Crippen molar-refractivity contribution in [3.05, 3.63) is 0 Å². The lowest BCUT2D eigenvalue weighted by molar-refractivity contribution is -0.129. The molecule has 0 spiro atoms. The third-order valence-corrected chi connectivity index (χ3v) is 3.70. The zero-order valence-corrected chi connectivity index (χ0v) is 11.9. The van der Waals surface area contributed by atoms with Crippen LogP contribution in [-0.4, -0.2) is 35.8 Å². The van der Waals surface area contributed by atoms with Gasteiger partial charge in [-0.1, -0.05) is 27.2 Å². The van der Waals surface area contributed by atoms with Crippen LogP contribution < -0.4 is 5.32 Å². The zero-order chi connectivity index (χ0) is 13.5. The van der Waals surface area contributed by atoms with Crippen LogP contribution in [0.3, 0.4) is 0 Å². The van der Waals surface area contributed by atoms with E-state index in [0.29, 0.717) is 13.0 Å². The molecular weight excluding hydrogens is 228 g/mol. The van der Waals surface area contributed by atoms with E-state index in [1.54, 1.807) is 0 Å². The number of nitrogens with one attached hydrogen (secondary N) is 1. The average molecular weight is 254 g/mol. The summed E-state index contributed by atoms with van der Waals surface area (Å²) in [6, 6.07) is 0.247. The van der Waals surface area contributed by atoms with E-state index in [-0.39, 0.29) is 23.8 Å². The molecule has 1 heterocycles. The SMILES string of the molecule is CCCCN1C[C@H](C(=O)NC(CC)CC)CC1=O. The lowest BCUT2D eigenvalue weighted by atomic mass is 10.1. The Morgan fingerprint density at radius 1 is 1.39 bits per heavy atom. The number of hydrogen-bond donors (Lipinski definition) is 1. The number of likely N-dealkylation sites (tertiary alicyclic amines) is 1. The summed E-state index contributed by atoms with van der Waals surface area (Å²) in [6.07, 6.45) is 4.38. The molecule has 1 atom stereocenters. The van der Waals surface area contributed by atoms with E-state index in [0.717, 1.165) is 32.2 Å². The standard InChI is InChI=1S/C14H26N2O2/c1-4-7-8-16-10-11(9-13(16)17)14(18)15-12(5-2)6-3/h11-12H,4-10H2,1-3H3,(H,15,18)/t11-/m1/s1. The van der Waals surface area contributed by atoms with Crippen molar-refractivity contribution >= 4 is 11.8 Å².